The highest BCUT2D eigenvalue weighted by molar-refractivity contribution is 6.46. The summed E-state index contributed by atoms with van der Waals surface area (Å²) in [4.78, 5) is 31.6. The van der Waals surface area contributed by atoms with Gasteiger partial charge in [0.15, 0.2) is 0 Å². The van der Waals surface area contributed by atoms with Crippen molar-refractivity contribution in [2.45, 2.75) is 12.6 Å². The zero-order valence-electron chi connectivity index (χ0n) is 18.3. The zero-order valence-corrected chi connectivity index (χ0v) is 19.0. The molecule has 0 radical (unpaired) electrons. The third kappa shape index (κ3) is 4.08. The first-order valence-corrected chi connectivity index (χ1v) is 10.6. The summed E-state index contributed by atoms with van der Waals surface area (Å²) in [5.74, 6) is -2.59. The first-order chi connectivity index (χ1) is 16.4. The molecule has 0 spiro atoms. The van der Waals surface area contributed by atoms with Crippen LogP contribution < -0.4 is 9.47 Å². The summed E-state index contributed by atoms with van der Waals surface area (Å²) in [5.41, 5.74) is 0.324. The molecule has 2 heterocycles. The second-order valence-corrected chi connectivity index (χ2v) is 7.86. The molecular weight excluding hydrogens is 463 g/mol. The number of ether oxygens (including phenoxy) is 2. The average Bonchev–Trinajstić information content (AvgIpc) is 3.09. The van der Waals surface area contributed by atoms with E-state index in [4.69, 9.17) is 21.1 Å². The van der Waals surface area contributed by atoms with Gasteiger partial charge in [-0.1, -0.05) is 35.9 Å². The maximum Gasteiger partial charge on any atom is 0.296 e. The number of halogens is 2. The number of rotatable bonds is 6. The van der Waals surface area contributed by atoms with Gasteiger partial charge in [-0.15, -0.1) is 0 Å². The van der Waals surface area contributed by atoms with E-state index in [0.717, 1.165) is 0 Å². The highest BCUT2D eigenvalue weighted by Crippen LogP contribution is 2.44. The van der Waals surface area contributed by atoms with Gasteiger partial charge in [0.1, 0.15) is 23.1 Å². The minimum absolute atomic E-state index is 0.0535. The fourth-order valence-corrected chi connectivity index (χ4v) is 4.16. The number of hydrogen-bond donors (Lipinski definition) is 1. The van der Waals surface area contributed by atoms with Crippen molar-refractivity contribution < 1.29 is 28.6 Å². The van der Waals surface area contributed by atoms with Gasteiger partial charge >= 0.3 is 0 Å². The Kier molecular flexibility index (Phi) is 6.51. The van der Waals surface area contributed by atoms with Gasteiger partial charge in [0.2, 0.25) is 0 Å². The van der Waals surface area contributed by atoms with E-state index in [1.165, 1.54) is 49.5 Å². The minimum atomic E-state index is -1.20. The molecule has 1 fully saturated rings. The van der Waals surface area contributed by atoms with E-state index in [9.17, 15) is 19.1 Å². The van der Waals surface area contributed by atoms with Crippen molar-refractivity contribution in [3.63, 3.8) is 0 Å². The van der Waals surface area contributed by atoms with Gasteiger partial charge in [-0.3, -0.25) is 14.6 Å². The van der Waals surface area contributed by atoms with Crippen LogP contribution in [0.25, 0.3) is 5.76 Å². The number of hydrogen-bond acceptors (Lipinski definition) is 6. The Morgan fingerprint density at radius 3 is 2.44 bits per heavy atom. The third-order valence-electron chi connectivity index (χ3n) is 5.53. The van der Waals surface area contributed by atoms with Crippen LogP contribution in [0.2, 0.25) is 5.02 Å². The minimum Gasteiger partial charge on any atom is -0.507 e. The average molecular weight is 483 g/mol. The lowest BCUT2D eigenvalue weighted by atomic mass is 9.94. The van der Waals surface area contributed by atoms with E-state index in [2.05, 4.69) is 4.98 Å². The number of aromatic nitrogens is 1. The van der Waals surface area contributed by atoms with Crippen molar-refractivity contribution in [3.8, 4) is 11.5 Å². The van der Waals surface area contributed by atoms with Gasteiger partial charge in [0.05, 0.1) is 48.7 Å². The van der Waals surface area contributed by atoms with Gasteiger partial charge in [-0.25, -0.2) is 4.39 Å². The number of ketones is 1. The van der Waals surface area contributed by atoms with Crippen LogP contribution in [0.3, 0.4) is 0 Å². The summed E-state index contributed by atoms with van der Waals surface area (Å²) in [6, 6.07) is 12.5. The van der Waals surface area contributed by atoms with Crippen molar-refractivity contribution in [1.82, 2.24) is 9.88 Å². The molecular formula is C25H20ClFN2O5. The Labute approximate surface area is 200 Å². The van der Waals surface area contributed by atoms with Crippen LogP contribution >= 0.6 is 11.6 Å². The van der Waals surface area contributed by atoms with E-state index in [-0.39, 0.29) is 39.8 Å². The fourth-order valence-electron chi connectivity index (χ4n) is 3.92. The van der Waals surface area contributed by atoms with Crippen LogP contribution in [0.4, 0.5) is 4.39 Å². The first kappa shape index (κ1) is 23.3. The Balaban J connectivity index is 1.94. The molecule has 7 nitrogen and oxygen atoms in total. The number of benzene rings is 2. The smallest absolute Gasteiger partial charge is 0.296 e. The number of carbonyl (C=O) groups excluding carboxylic acids is 2. The molecule has 0 aliphatic carbocycles. The van der Waals surface area contributed by atoms with Gasteiger partial charge in [-0.2, -0.15) is 0 Å². The molecule has 9 heteroatoms. The Bertz CT molecular complexity index is 1300. The third-order valence-corrected chi connectivity index (χ3v) is 5.82. The number of nitrogens with zero attached hydrogens (tertiary/aromatic N) is 2. The molecule has 174 valence electrons. The van der Waals surface area contributed by atoms with Crippen molar-refractivity contribution >= 4 is 29.1 Å². The molecule has 1 aliphatic rings. The predicted molar refractivity (Wildman–Crippen MR) is 123 cm³/mol. The predicted octanol–water partition coefficient (Wildman–Crippen LogP) is 4.51. The van der Waals surface area contributed by atoms with Gasteiger partial charge in [-0.05, 0) is 24.3 Å². The maximum absolute atomic E-state index is 14.9. The molecule has 3 aromatic rings. The second kappa shape index (κ2) is 9.52. The molecule has 1 aromatic heterocycles. The molecule has 4 rings (SSSR count). The van der Waals surface area contributed by atoms with Gasteiger partial charge in [0, 0.05) is 17.8 Å². The standard InChI is InChI=1S/C25H20ClFN2O5/c1-33-19-12-20(34-2)17(26)11-16(19)23(30)21-22(15-8-3-4-9-18(15)27)29(25(32)24(21)31)13-14-7-5-6-10-28-14/h3-12,22,30H,13H2,1-2H3/b23-21+. The van der Waals surface area contributed by atoms with Crippen LogP contribution in [0.5, 0.6) is 11.5 Å². The monoisotopic (exact) mass is 482 g/mol. The number of aliphatic hydroxyl groups excluding tert-OH is 1. The lowest BCUT2D eigenvalue weighted by Crippen LogP contribution is -2.30. The maximum atomic E-state index is 14.9. The number of Topliss-reactive ketones (excluding diaryl/α,β-unsaturated/α-hetero) is 1. The van der Waals surface area contributed by atoms with Crippen molar-refractivity contribution in [2.24, 2.45) is 0 Å². The lowest BCUT2D eigenvalue weighted by Gasteiger charge is -2.25. The van der Waals surface area contributed by atoms with Crippen LogP contribution in [0.15, 0.2) is 66.4 Å². The van der Waals surface area contributed by atoms with Crippen molar-refractivity contribution in [3.05, 3.63) is 94.0 Å². The van der Waals surface area contributed by atoms with Crippen LogP contribution in [0.1, 0.15) is 22.9 Å². The van der Waals surface area contributed by atoms with Crippen molar-refractivity contribution in [1.29, 1.82) is 0 Å². The molecule has 1 saturated heterocycles. The van der Waals surface area contributed by atoms with E-state index < -0.39 is 29.3 Å². The Morgan fingerprint density at radius 1 is 1.09 bits per heavy atom. The summed E-state index contributed by atoms with van der Waals surface area (Å²) in [6.07, 6.45) is 1.55. The quantitative estimate of drug-likeness (QED) is 0.316. The molecule has 1 amide bonds. The Hall–Kier alpha value is -3.91. The van der Waals surface area contributed by atoms with Gasteiger partial charge < -0.3 is 19.5 Å². The van der Waals surface area contributed by atoms with E-state index in [0.29, 0.717) is 5.69 Å². The largest absolute Gasteiger partial charge is 0.507 e. The Morgan fingerprint density at radius 2 is 1.79 bits per heavy atom. The zero-order chi connectivity index (χ0) is 24.4. The number of amides is 1. The number of pyridine rings is 1. The van der Waals surface area contributed by atoms with Gasteiger partial charge in [0.25, 0.3) is 11.7 Å². The summed E-state index contributed by atoms with van der Waals surface area (Å²) < 4.78 is 25.4. The molecule has 1 aliphatic heterocycles. The van der Waals surface area contributed by atoms with Crippen LogP contribution in [-0.2, 0) is 16.1 Å². The van der Waals surface area contributed by atoms with Crippen LogP contribution in [0, 0.1) is 5.82 Å². The van der Waals surface area contributed by atoms with E-state index in [1.54, 1.807) is 30.5 Å². The summed E-state index contributed by atoms with van der Waals surface area (Å²) in [7, 11) is 2.79. The van der Waals surface area contributed by atoms with E-state index in [1.807, 2.05) is 0 Å². The molecule has 1 atom stereocenters. The summed E-state index contributed by atoms with van der Waals surface area (Å²) in [6.45, 7) is -0.0678. The molecule has 1 unspecified atom stereocenters. The molecule has 2 aromatic carbocycles. The summed E-state index contributed by atoms with van der Waals surface area (Å²) in [5, 5.41) is 11.4. The lowest BCUT2D eigenvalue weighted by molar-refractivity contribution is -0.140. The number of carbonyl (C=O) groups is 2. The molecule has 0 bridgehead atoms. The van der Waals surface area contributed by atoms with Crippen molar-refractivity contribution in [2.75, 3.05) is 14.2 Å². The first-order valence-electron chi connectivity index (χ1n) is 10.2. The number of likely N-dealkylation sites (tertiary alicyclic amines) is 1. The highest BCUT2D eigenvalue weighted by Gasteiger charge is 2.47. The second-order valence-electron chi connectivity index (χ2n) is 7.46. The SMILES string of the molecule is COc1cc(OC)c(/C(O)=C2\C(=O)C(=O)N(Cc3ccccn3)C2c2ccccc2F)cc1Cl. The molecule has 0 saturated carbocycles. The molecule has 34 heavy (non-hydrogen) atoms. The summed E-state index contributed by atoms with van der Waals surface area (Å²) >= 11 is 6.24. The fraction of sp³-hybridized carbons (Fsp3) is 0.160. The highest BCUT2D eigenvalue weighted by atomic mass is 35.5. The number of methoxy groups -OCH3 is 2. The topological polar surface area (TPSA) is 89.0 Å². The van der Waals surface area contributed by atoms with Crippen LogP contribution in [-0.4, -0.2) is 40.9 Å². The normalized spacial score (nSPS) is 17.2. The van der Waals surface area contributed by atoms with E-state index >= 15 is 0 Å². The number of aliphatic hydroxyl groups is 1. The molecule has 1 N–H and O–H groups in total.